The van der Waals surface area contributed by atoms with Crippen molar-refractivity contribution in [3.8, 4) is 0 Å². The Morgan fingerprint density at radius 2 is 1.55 bits per heavy atom. The molecule has 0 saturated carbocycles. The van der Waals surface area contributed by atoms with E-state index in [0.29, 0.717) is 17.8 Å². The molecule has 1 aliphatic rings. The molecule has 0 aromatic heterocycles. The smallest absolute Gasteiger partial charge is 0.00148 e. The summed E-state index contributed by atoms with van der Waals surface area (Å²) in [6, 6.07) is 0. The molecule has 0 spiro atoms. The molecule has 4 atom stereocenters. The zero-order valence-corrected chi connectivity index (χ0v) is 16.4. The summed E-state index contributed by atoms with van der Waals surface area (Å²) >= 11 is 0. The molecule has 22 heavy (non-hydrogen) atoms. The molecule has 1 nitrogen and oxygen atoms in total. The normalized spacial score (nSPS) is 23.0. The van der Waals surface area contributed by atoms with Crippen molar-refractivity contribution in [2.45, 2.75) is 67.2 Å². The van der Waals surface area contributed by atoms with Crippen LogP contribution in [0.15, 0.2) is 22.8 Å². The number of hydrogen-bond acceptors (Lipinski definition) is 1. The van der Waals surface area contributed by atoms with Gasteiger partial charge in [0.2, 0.25) is 0 Å². The Morgan fingerprint density at radius 1 is 0.955 bits per heavy atom. The molecule has 0 aromatic carbocycles. The minimum atomic E-state index is 0.679. The molecule has 0 amide bonds. The predicted molar refractivity (Wildman–Crippen MR) is 100 cm³/mol. The van der Waals surface area contributed by atoms with Gasteiger partial charge in [0, 0.05) is 12.5 Å². The van der Waals surface area contributed by atoms with Gasteiger partial charge in [-0.2, -0.15) is 0 Å². The van der Waals surface area contributed by atoms with E-state index in [-0.39, 0.29) is 0 Å². The van der Waals surface area contributed by atoms with Crippen LogP contribution in [0.25, 0.3) is 0 Å². The van der Waals surface area contributed by atoms with E-state index in [4.69, 9.17) is 0 Å². The zero-order valence-electron chi connectivity index (χ0n) is 16.4. The second kappa shape index (κ2) is 8.91. The predicted octanol–water partition coefficient (Wildman–Crippen LogP) is 5.93. The molecular formula is C21H39N. The Kier molecular flexibility index (Phi) is 7.89. The van der Waals surface area contributed by atoms with Crippen LogP contribution in [0.2, 0.25) is 0 Å². The molecule has 1 aliphatic carbocycles. The standard InChI is InChI=1S/C21H39N/c1-9-15(4)19-14-20(16(5)10-2)21(17(6)11-3)18(19)12-13-22(7)8/h14-17,19H,9-13H2,1-8H3. The summed E-state index contributed by atoms with van der Waals surface area (Å²) < 4.78 is 0. The van der Waals surface area contributed by atoms with E-state index in [0.717, 1.165) is 5.92 Å². The van der Waals surface area contributed by atoms with Gasteiger partial charge in [0.15, 0.2) is 0 Å². The van der Waals surface area contributed by atoms with Crippen LogP contribution in [0.5, 0.6) is 0 Å². The Bertz CT molecular complexity index is 402. The van der Waals surface area contributed by atoms with Gasteiger partial charge in [-0.15, -0.1) is 0 Å². The van der Waals surface area contributed by atoms with Crippen molar-refractivity contribution in [1.29, 1.82) is 0 Å². The lowest BCUT2D eigenvalue weighted by Crippen LogP contribution is -2.18. The molecule has 0 radical (unpaired) electrons. The highest BCUT2D eigenvalue weighted by molar-refractivity contribution is 5.47. The van der Waals surface area contributed by atoms with Gasteiger partial charge in [-0.1, -0.05) is 59.6 Å². The Labute approximate surface area is 139 Å². The number of rotatable bonds is 9. The van der Waals surface area contributed by atoms with E-state index in [1.807, 2.05) is 0 Å². The summed E-state index contributed by atoms with van der Waals surface area (Å²) in [6.45, 7) is 15.5. The maximum absolute atomic E-state index is 2.65. The maximum atomic E-state index is 2.65. The van der Waals surface area contributed by atoms with Crippen molar-refractivity contribution in [2.24, 2.45) is 23.7 Å². The third-order valence-electron chi connectivity index (χ3n) is 5.75. The lowest BCUT2D eigenvalue weighted by molar-refractivity contribution is 0.390. The zero-order chi connectivity index (χ0) is 16.9. The summed E-state index contributed by atoms with van der Waals surface area (Å²) in [6.07, 6.45) is 7.66. The Morgan fingerprint density at radius 3 is 2.00 bits per heavy atom. The molecule has 0 heterocycles. The monoisotopic (exact) mass is 305 g/mol. The second-order valence-electron chi connectivity index (χ2n) is 7.64. The fourth-order valence-electron chi connectivity index (χ4n) is 3.61. The van der Waals surface area contributed by atoms with Crippen molar-refractivity contribution in [3.05, 3.63) is 22.8 Å². The van der Waals surface area contributed by atoms with Crippen LogP contribution in [-0.4, -0.2) is 25.5 Å². The van der Waals surface area contributed by atoms with E-state index in [1.54, 1.807) is 16.7 Å². The lowest BCUT2D eigenvalue weighted by atomic mass is 9.81. The topological polar surface area (TPSA) is 3.24 Å². The molecule has 0 N–H and O–H groups in total. The second-order valence-corrected chi connectivity index (χ2v) is 7.64. The van der Waals surface area contributed by atoms with Crippen LogP contribution in [0.1, 0.15) is 67.2 Å². The van der Waals surface area contributed by atoms with Gasteiger partial charge < -0.3 is 4.90 Å². The summed E-state index contributed by atoms with van der Waals surface area (Å²) in [7, 11) is 4.39. The highest BCUT2D eigenvalue weighted by Gasteiger charge is 2.32. The van der Waals surface area contributed by atoms with Crippen LogP contribution in [0.4, 0.5) is 0 Å². The minimum Gasteiger partial charge on any atom is -0.309 e. The molecule has 1 heteroatoms. The van der Waals surface area contributed by atoms with Crippen LogP contribution >= 0.6 is 0 Å². The first kappa shape index (κ1) is 19.5. The molecule has 0 saturated heterocycles. The van der Waals surface area contributed by atoms with Gasteiger partial charge in [-0.3, -0.25) is 0 Å². The van der Waals surface area contributed by atoms with Crippen LogP contribution < -0.4 is 0 Å². The van der Waals surface area contributed by atoms with Crippen LogP contribution in [0, 0.1) is 23.7 Å². The summed E-state index contributed by atoms with van der Waals surface area (Å²) in [5.41, 5.74) is 5.16. The first-order valence-electron chi connectivity index (χ1n) is 9.46. The van der Waals surface area contributed by atoms with Gasteiger partial charge in [0.05, 0.1) is 0 Å². The first-order valence-corrected chi connectivity index (χ1v) is 9.46. The molecule has 0 aromatic rings. The van der Waals surface area contributed by atoms with Gasteiger partial charge in [0.1, 0.15) is 0 Å². The van der Waals surface area contributed by atoms with Gasteiger partial charge >= 0.3 is 0 Å². The fraction of sp³-hybridized carbons (Fsp3) is 0.810. The highest BCUT2D eigenvalue weighted by Crippen LogP contribution is 2.45. The lowest BCUT2D eigenvalue weighted by Gasteiger charge is -2.25. The van der Waals surface area contributed by atoms with Crippen LogP contribution in [0.3, 0.4) is 0 Å². The highest BCUT2D eigenvalue weighted by atomic mass is 15.0. The SMILES string of the molecule is CCC(C)C1=CC(C(C)CC)C(CCN(C)C)=C1C(C)CC. The van der Waals surface area contributed by atoms with Gasteiger partial charge in [-0.25, -0.2) is 0 Å². The summed E-state index contributed by atoms with van der Waals surface area (Å²) in [5, 5.41) is 0. The third-order valence-corrected chi connectivity index (χ3v) is 5.75. The van der Waals surface area contributed by atoms with Crippen LogP contribution in [-0.2, 0) is 0 Å². The Hall–Kier alpha value is -0.560. The number of nitrogens with zero attached hydrogens (tertiary/aromatic N) is 1. The Balaban J connectivity index is 3.25. The van der Waals surface area contributed by atoms with E-state index in [2.05, 4.69) is 66.6 Å². The largest absolute Gasteiger partial charge is 0.309 e. The summed E-state index contributed by atoms with van der Waals surface area (Å²) in [5.74, 6) is 2.84. The van der Waals surface area contributed by atoms with Gasteiger partial charge in [0.25, 0.3) is 0 Å². The molecule has 4 unspecified atom stereocenters. The van der Waals surface area contributed by atoms with Crippen molar-refractivity contribution in [2.75, 3.05) is 20.6 Å². The van der Waals surface area contributed by atoms with E-state index < -0.39 is 0 Å². The van der Waals surface area contributed by atoms with Crippen molar-refractivity contribution in [1.82, 2.24) is 4.90 Å². The van der Waals surface area contributed by atoms with E-state index in [9.17, 15) is 0 Å². The molecule has 128 valence electrons. The minimum absolute atomic E-state index is 0.679. The molecule has 0 aliphatic heterocycles. The van der Waals surface area contributed by atoms with Crippen molar-refractivity contribution in [3.63, 3.8) is 0 Å². The average Bonchev–Trinajstić information content (AvgIpc) is 2.89. The summed E-state index contributed by atoms with van der Waals surface area (Å²) in [4.78, 5) is 2.33. The maximum Gasteiger partial charge on any atom is 0.00148 e. The molecule has 0 fully saturated rings. The molecular weight excluding hydrogens is 266 g/mol. The van der Waals surface area contributed by atoms with E-state index in [1.165, 1.54) is 32.2 Å². The molecule has 0 bridgehead atoms. The van der Waals surface area contributed by atoms with E-state index >= 15 is 0 Å². The van der Waals surface area contributed by atoms with Crippen molar-refractivity contribution >= 4 is 0 Å². The molecule has 1 rings (SSSR count). The third kappa shape index (κ3) is 4.47. The first-order chi connectivity index (χ1) is 10.4. The number of allylic oxidation sites excluding steroid dienone is 3. The quantitative estimate of drug-likeness (QED) is 0.510. The fourth-order valence-corrected chi connectivity index (χ4v) is 3.61. The number of hydrogen-bond donors (Lipinski definition) is 0. The van der Waals surface area contributed by atoms with Crippen molar-refractivity contribution < 1.29 is 0 Å². The van der Waals surface area contributed by atoms with Gasteiger partial charge in [-0.05, 0) is 62.3 Å². The average molecular weight is 306 g/mol.